The number of thiophene rings is 1. The summed E-state index contributed by atoms with van der Waals surface area (Å²) in [5.41, 5.74) is 0. The minimum Gasteiger partial charge on any atom is -0.428 e. The van der Waals surface area contributed by atoms with E-state index >= 15 is 0 Å². The standard InChI is InChI=1S/C16H14FNO3S3/c1-2-9-23-16-15(18-14(21-16)13-4-3-10-22-13)24(19,20)12-7-5-11(17)6-8-12/h3-8,10H,2,9H2,1H3. The van der Waals surface area contributed by atoms with Crippen LogP contribution in [-0.4, -0.2) is 19.2 Å². The third-order valence-electron chi connectivity index (χ3n) is 3.11. The van der Waals surface area contributed by atoms with Gasteiger partial charge in [-0.3, -0.25) is 0 Å². The molecule has 0 saturated carbocycles. The minimum atomic E-state index is -3.87. The van der Waals surface area contributed by atoms with Crippen molar-refractivity contribution in [2.45, 2.75) is 28.4 Å². The fourth-order valence-corrected chi connectivity index (χ4v) is 5.01. The zero-order valence-electron chi connectivity index (χ0n) is 12.7. The van der Waals surface area contributed by atoms with Crippen molar-refractivity contribution in [3.8, 4) is 10.8 Å². The Bertz CT molecular complexity index is 916. The van der Waals surface area contributed by atoms with Crippen molar-refractivity contribution in [2.75, 3.05) is 5.75 Å². The second-order valence-corrected chi connectivity index (χ2v) is 8.78. The Hall–Kier alpha value is -1.64. The number of nitrogens with zero attached hydrogens (tertiary/aromatic N) is 1. The number of halogens is 1. The molecule has 126 valence electrons. The van der Waals surface area contributed by atoms with Gasteiger partial charge in [0.25, 0.3) is 0 Å². The molecule has 0 amide bonds. The summed E-state index contributed by atoms with van der Waals surface area (Å²) in [4.78, 5) is 4.97. The molecule has 3 aromatic rings. The Morgan fingerprint density at radius 2 is 2.00 bits per heavy atom. The van der Waals surface area contributed by atoms with E-state index in [9.17, 15) is 12.8 Å². The first-order chi connectivity index (χ1) is 11.5. The maximum Gasteiger partial charge on any atom is 0.238 e. The van der Waals surface area contributed by atoms with Crippen LogP contribution in [0.1, 0.15) is 13.3 Å². The summed E-state index contributed by atoms with van der Waals surface area (Å²) in [6.07, 6.45) is 0.871. The van der Waals surface area contributed by atoms with Crippen LogP contribution in [0.4, 0.5) is 4.39 Å². The normalized spacial score (nSPS) is 11.8. The van der Waals surface area contributed by atoms with Crippen LogP contribution in [0.15, 0.2) is 61.2 Å². The molecule has 0 fully saturated rings. The monoisotopic (exact) mass is 383 g/mol. The number of hydrogen-bond donors (Lipinski definition) is 0. The van der Waals surface area contributed by atoms with Crippen LogP contribution in [0.2, 0.25) is 0 Å². The first-order valence-corrected chi connectivity index (χ1v) is 10.6. The maximum absolute atomic E-state index is 13.1. The lowest BCUT2D eigenvalue weighted by molar-refractivity contribution is 0.471. The second-order valence-electron chi connectivity index (χ2n) is 4.89. The van der Waals surface area contributed by atoms with Crippen LogP contribution in [0.5, 0.6) is 0 Å². The summed E-state index contributed by atoms with van der Waals surface area (Å²) in [5, 5.41) is 2.02. The highest BCUT2D eigenvalue weighted by Crippen LogP contribution is 2.36. The quantitative estimate of drug-likeness (QED) is 0.449. The molecule has 1 aromatic carbocycles. The van der Waals surface area contributed by atoms with Crippen LogP contribution in [0.25, 0.3) is 10.8 Å². The van der Waals surface area contributed by atoms with Gasteiger partial charge >= 0.3 is 0 Å². The predicted octanol–water partition coefficient (Wildman–Crippen LogP) is 4.88. The Morgan fingerprint density at radius 1 is 1.25 bits per heavy atom. The molecule has 0 atom stereocenters. The molecule has 0 spiro atoms. The second kappa shape index (κ2) is 7.08. The summed E-state index contributed by atoms with van der Waals surface area (Å²) in [5.74, 6) is 0.503. The van der Waals surface area contributed by atoms with Gasteiger partial charge in [0.15, 0.2) is 0 Å². The molecule has 0 aliphatic heterocycles. The number of thioether (sulfide) groups is 1. The molecule has 0 aliphatic rings. The first-order valence-electron chi connectivity index (χ1n) is 7.20. The van der Waals surface area contributed by atoms with Crippen molar-refractivity contribution in [3.05, 3.63) is 47.6 Å². The van der Waals surface area contributed by atoms with E-state index < -0.39 is 15.7 Å². The van der Waals surface area contributed by atoms with Crippen molar-refractivity contribution in [1.82, 2.24) is 4.98 Å². The minimum absolute atomic E-state index is 0.00622. The molecule has 24 heavy (non-hydrogen) atoms. The van der Waals surface area contributed by atoms with E-state index in [0.29, 0.717) is 5.75 Å². The summed E-state index contributed by atoms with van der Waals surface area (Å²) in [6, 6.07) is 8.37. The zero-order chi connectivity index (χ0) is 17.2. The summed E-state index contributed by atoms with van der Waals surface area (Å²) < 4.78 is 44.5. The summed E-state index contributed by atoms with van der Waals surface area (Å²) >= 11 is 2.73. The van der Waals surface area contributed by atoms with E-state index in [4.69, 9.17) is 4.42 Å². The highest BCUT2D eigenvalue weighted by molar-refractivity contribution is 8.00. The van der Waals surface area contributed by atoms with Gasteiger partial charge in [-0.15, -0.1) is 11.3 Å². The number of sulfone groups is 1. The van der Waals surface area contributed by atoms with Gasteiger partial charge < -0.3 is 4.42 Å². The Kier molecular flexibility index (Phi) is 5.07. The third-order valence-corrected chi connectivity index (χ3v) is 6.93. The van der Waals surface area contributed by atoms with Gasteiger partial charge in [-0.2, -0.15) is 4.98 Å². The lowest BCUT2D eigenvalue weighted by atomic mass is 10.4. The molecule has 3 rings (SSSR count). The average Bonchev–Trinajstić information content (AvgIpc) is 3.22. The van der Waals surface area contributed by atoms with Gasteiger partial charge in [-0.1, -0.05) is 24.8 Å². The first kappa shape index (κ1) is 17.2. The largest absolute Gasteiger partial charge is 0.428 e. The SMILES string of the molecule is CCCSc1oc(-c2cccs2)nc1S(=O)(=O)c1ccc(F)cc1. The van der Waals surface area contributed by atoms with Crippen LogP contribution in [-0.2, 0) is 9.84 Å². The van der Waals surface area contributed by atoms with Crippen molar-refractivity contribution >= 4 is 32.9 Å². The van der Waals surface area contributed by atoms with Gasteiger partial charge in [0.1, 0.15) is 5.82 Å². The molecule has 0 N–H and O–H groups in total. The van der Waals surface area contributed by atoms with E-state index in [1.807, 2.05) is 24.4 Å². The highest BCUT2D eigenvalue weighted by atomic mass is 32.2. The topological polar surface area (TPSA) is 60.2 Å². The molecular weight excluding hydrogens is 369 g/mol. The zero-order valence-corrected chi connectivity index (χ0v) is 15.2. The highest BCUT2D eigenvalue weighted by Gasteiger charge is 2.28. The molecule has 0 radical (unpaired) electrons. The van der Waals surface area contributed by atoms with Crippen LogP contribution in [0, 0.1) is 5.82 Å². The van der Waals surface area contributed by atoms with Crippen molar-refractivity contribution in [3.63, 3.8) is 0 Å². The lowest BCUT2D eigenvalue weighted by Crippen LogP contribution is -2.04. The third kappa shape index (κ3) is 3.40. The van der Waals surface area contributed by atoms with Crippen molar-refractivity contribution in [1.29, 1.82) is 0 Å². The van der Waals surface area contributed by atoms with E-state index in [0.717, 1.165) is 23.4 Å². The van der Waals surface area contributed by atoms with Crippen molar-refractivity contribution in [2.24, 2.45) is 0 Å². The van der Waals surface area contributed by atoms with Gasteiger partial charge in [0, 0.05) is 5.75 Å². The molecular formula is C16H14FNO3S3. The average molecular weight is 383 g/mol. The Morgan fingerprint density at radius 3 is 2.62 bits per heavy atom. The van der Waals surface area contributed by atoms with E-state index in [1.54, 1.807) is 0 Å². The summed E-state index contributed by atoms with van der Waals surface area (Å²) in [6.45, 7) is 2.00. The lowest BCUT2D eigenvalue weighted by Gasteiger charge is -2.03. The van der Waals surface area contributed by atoms with Crippen molar-refractivity contribution < 1.29 is 17.2 Å². The molecule has 0 unspecified atom stereocenters. The predicted molar refractivity (Wildman–Crippen MR) is 92.7 cm³/mol. The molecule has 4 nitrogen and oxygen atoms in total. The van der Waals surface area contributed by atoms with E-state index in [1.165, 1.54) is 35.2 Å². The molecule has 0 aliphatic carbocycles. The Labute approximate surface area is 147 Å². The van der Waals surface area contributed by atoms with Crippen LogP contribution < -0.4 is 0 Å². The number of benzene rings is 1. The van der Waals surface area contributed by atoms with Crippen LogP contribution in [0.3, 0.4) is 0 Å². The van der Waals surface area contributed by atoms with Gasteiger partial charge in [-0.05, 0) is 42.1 Å². The smallest absolute Gasteiger partial charge is 0.238 e. The number of oxazole rings is 1. The summed E-state index contributed by atoms with van der Waals surface area (Å²) in [7, 11) is -3.87. The van der Waals surface area contributed by atoms with Crippen LogP contribution >= 0.6 is 23.1 Å². The van der Waals surface area contributed by atoms with Gasteiger partial charge in [0.2, 0.25) is 25.8 Å². The molecule has 2 aromatic heterocycles. The maximum atomic E-state index is 13.1. The molecule has 2 heterocycles. The molecule has 8 heteroatoms. The van der Waals surface area contributed by atoms with Gasteiger partial charge in [-0.25, -0.2) is 12.8 Å². The Balaban J connectivity index is 2.09. The fraction of sp³-hybridized carbons (Fsp3) is 0.188. The van der Waals surface area contributed by atoms with E-state index in [-0.39, 0.29) is 20.9 Å². The fourth-order valence-electron chi connectivity index (χ4n) is 1.98. The van der Waals surface area contributed by atoms with E-state index in [2.05, 4.69) is 4.98 Å². The number of rotatable bonds is 6. The molecule has 0 bridgehead atoms. The number of aromatic nitrogens is 1. The number of hydrogen-bond acceptors (Lipinski definition) is 6. The molecule has 0 saturated heterocycles. The van der Waals surface area contributed by atoms with Gasteiger partial charge in [0.05, 0.1) is 9.77 Å².